The smallest absolute Gasteiger partial charge is 0.414 e. The van der Waals surface area contributed by atoms with E-state index >= 15 is 0 Å². The summed E-state index contributed by atoms with van der Waals surface area (Å²) in [7, 11) is 0. The van der Waals surface area contributed by atoms with Gasteiger partial charge in [0.2, 0.25) is 5.91 Å². The number of carbonyl (C=O) groups excluding carboxylic acids is 3. The molecule has 2 saturated heterocycles. The average Bonchev–Trinajstić information content (AvgIpc) is 3.40. The Morgan fingerprint density at radius 2 is 1.86 bits per heavy atom. The number of nitrogens with one attached hydrogen (secondary N) is 1. The molecule has 28 heavy (non-hydrogen) atoms. The van der Waals surface area contributed by atoms with Crippen molar-refractivity contribution in [2.24, 2.45) is 0 Å². The highest BCUT2D eigenvalue weighted by molar-refractivity contribution is 9.11. The molecule has 1 N–H and O–H groups in total. The van der Waals surface area contributed by atoms with E-state index < -0.39 is 12.2 Å². The monoisotopic (exact) mass is 463 g/mol. The zero-order chi connectivity index (χ0) is 19.7. The second kappa shape index (κ2) is 7.92. The lowest BCUT2D eigenvalue weighted by Crippen LogP contribution is -2.34. The number of carbonyl (C=O) groups is 3. The van der Waals surface area contributed by atoms with Gasteiger partial charge in [-0.1, -0.05) is 0 Å². The Kier molecular flexibility index (Phi) is 5.36. The molecule has 146 valence electrons. The number of halogens is 1. The second-order valence-corrected chi connectivity index (χ2v) is 9.06. The van der Waals surface area contributed by atoms with Crippen LogP contribution in [0.2, 0.25) is 0 Å². The van der Waals surface area contributed by atoms with Crippen LogP contribution in [0.5, 0.6) is 0 Å². The predicted octanol–water partition coefficient (Wildman–Crippen LogP) is 3.39. The Balaban J connectivity index is 1.35. The molecule has 0 bridgehead atoms. The topological polar surface area (TPSA) is 79.0 Å². The van der Waals surface area contributed by atoms with Crippen molar-refractivity contribution in [1.82, 2.24) is 5.32 Å². The molecule has 9 heteroatoms. The summed E-state index contributed by atoms with van der Waals surface area (Å²) in [5, 5.41) is 2.80. The molecule has 2 aliphatic rings. The summed E-state index contributed by atoms with van der Waals surface area (Å²) in [5.74, 6) is -0.0632. The molecular weight excluding hydrogens is 446 g/mol. The van der Waals surface area contributed by atoms with Gasteiger partial charge in [-0.05, 0) is 58.7 Å². The van der Waals surface area contributed by atoms with Gasteiger partial charge >= 0.3 is 6.09 Å². The van der Waals surface area contributed by atoms with Crippen LogP contribution in [-0.4, -0.2) is 43.6 Å². The van der Waals surface area contributed by atoms with Gasteiger partial charge in [-0.15, -0.1) is 11.3 Å². The minimum absolute atomic E-state index is 0.127. The van der Waals surface area contributed by atoms with Crippen LogP contribution in [0.15, 0.2) is 40.2 Å². The Morgan fingerprint density at radius 3 is 2.46 bits per heavy atom. The van der Waals surface area contributed by atoms with E-state index in [0.29, 0.717) is 23.5 Å². The Morgan fingerprint density at radius 1 is 1.14 bits per heavy atom. The van der Waals surface area contributed by atoms with Gasteiger partial charge in [0.1, 0.15) is 6.10 Å². The SMILES string of the molecule is O=C(NCC1CN(c2ccc(N3CCCC3=O)cc2)C(=O)O1)c1ccc(Br)s1. The predicted molar refractivity (Wildman–Crippen MR) is 110 cm³/mol. The fourth-order valence-electron chi connectivity index (χ4n) is 3.30. The molecule has 7 nitrogen and oxygen atoms in total. The van der Waals surface area contributed by atoms with E-state index in [0.717, 1.165) is 22.4 Å². The second-order valence-electron chi connectivity index (χ2n) is 6.60. The molecule has 0 saturated carbocycles. The summed E-state index contributed by atoms with van der Waals surface area (Å²) in [6.45, 7) is 1.33. The number of anilines is 2. The van der Waals surface area contributed by atoms with Gasteiger partial charge < -0.3 is 15.0 Å². The number of benzene rings is 1. The first-order valence-electron chi connectivity index (χ1n) is 8.93. The number of amides is 3. The molecule has 2 aromatic rings. The van der Waals surface area contributed by atoms with E-state index in [1.807, 2.05) is 30.3 Å². The van der Waals surface area contributed by atoms with Crippen LogP contribution in [-0.2, 0) is 9.53 Å². The minimum atomic E-state index is -0.442. The Bertz CT molecular complexity index is 914. The highest BCUT2D eigenvalue weighted by Crippen LogP contribution is 2.27. The molecule has 2 aliphatic heterocycles. The molecule has 0 radical (unpaired) electrons. The van der Waals surface area contributed by atoms with E-state index in [1.54, 1.807) is 11.0 Å². The normalized spacial score (nSPS) is 19.2. The summed E-state index contributed by atoms with van der Waals surface area (Å²) < 4.78 is 6.25. The largest absolute Gasteiger partial charge is 0.442 e. The summed E-state index contributed by atoms with van der Waals surface area (Å²) in [6.07, 6.45) is 0.591. The number of nitrogens with zero attached hydrogens (tertiary/aromatic N) is 2. The number of hydrogen-bond donors (Lipinski definition) is 1. The van der Waals surface area contributed by atoms with Crippen molar-refractivity contribution in [2.45, 2.75) is 18.9 Å². The van der Waals surface area contributed by atoms with Crippen molar-refractivity contribution in [1.29, 1.82) is 0 Å². The molecule has 4 rings (SSSR count). The molecule has 0 spiro atoms. The van der Waals surface area contributed by atoms with Crippen LogP contribution in [0, 0.1) is 0 Å². The van der Waals surface area contributed by atoms with E-state index in [2.05, 4.69) is 21.2 Å². The molecule has 1 unspecified atom stereocenters. The molecule has 3 heterocycles. The van der Waals surface area contributed by atoms with Gasteiger partial charge in [-0.3, -0.25) is 14.5 Å². The highest BCUT2D eigenvalue weighted by Gasteiger charge is 2.33. The summed E-state index contributed by atoms with van der Waals surface area (Å²) >= 11 is 4.68. The maximum Gasteiger partial charge on any atom is 0.414 e. The fraction of sp³-hybridized carbons (Fsp3) is 0.316. The third-order valence-electron chi connectivity index (χ3n) is 4.71. The fourth-order valence-corrected chi connectivity index (χ4v) is 4.60. The number of thiophene rings is 1. The van der Waals surface area contributed by atoms with Gasteiger partial charge in [0.05, 0.1) is 21.8 Å². The molecule has 3 amide bonds. The van der Waals surface area contributed by atoms with Gasteiger partial charge in [0.25, 0.3) is 5.91 Å². The summed E-state index contributed by atoms with van der Waals surface area (Å²) in [5.41, 5.74) is 1.54. The molecule has 1 atom stereocenters. The third kappa shape index (κ3) is 3.90. The Hall–Kier alpha value is -2.39. The van der Waals surface area contributed by atoms with Gasteiger partial charge in [-0.2, -0.15) is 0 Å². The Labute approximate surface area is 174 Å². The zero-order valence-electron chi connectivity index (χ0n) is 14.9. The number of hydrogen-bond acceptors (Lipinski definition) is 5. The van der Waals surface area contributed by atoms with Crippen LogP contribution in [0.4, 0.5) is 16.2 Å². The molecule has 1 aromatic heterocycles. The maximum atomic E-state index is 12.2. The lowest BCUT2D eigenvalue weighted by Gasteiger charge is -2.18. The van der Waals surface area contributed by atoms with Crippen molar-refractivity contribution in [2.75, 3.05) is 29.4 Å². The lowest BCUT2D eigenvalue weighted by molar-refractivity contribution is -0.117. The van der Waals surface area contributed by atoms with Crippen molar-refractivity contribution < 1.29 is 19.1 Å². The van der Waals surface area contributed by atoms with Crippen LogP contribution in [0.25, 0.3) is 0 Å². The minimum Gasteiger partial charge on any atom is -0.442 e. The van der Waals surface area contributed by atoms with Crippen molar-refractivity contribution >= 4 is 56.5 Å². The van der Waals surface area contributed by atoms with E-state index in [-0.39, 0.29) is 18.4 Å². The first-order valence-corrected chi connectivity index (χ1v) is 10.5. The van der Waals surface area contributed by atoms with Crippen molar-refractivity contribution in [3.05, 3.63) is 45.1 Å². The maximum absolute atomic E-state index is 12.2. The molecule has 2 fully saturated rings. The first kappa shape index (κ1) is 18.9. The first-order chi connectivity index (χ1) is 13.5. The van der Waals surface area contributed by atoms with Gasteiger partial charge in [0.15, 0.2) is 0 Å². The van der Waals surface area contributed by atoms with Crippen LogP contribution in [0.1, 0.15) is 22.5 Å². The summed E-state index contributed by atoms with van der Waals surface area (Å²) in [6, 6.07) is 10.9. The van der Waals surface area contributed by atoms with Crippen molar-refractivity contribution in [3.8, 4) is 0 Å². The molecular formula is C19H18BrN3O4S. The lowest BCUT2D eigenvalue weighted by atomic mass is 10.2. The number of rotatable bonds is 5. The highest BCUT2D eigenvalue weighted by atomic mass is 79.9. The van der Waals surface area contributed by atoms with E-state index in [1.165, 1.54) is 16.2 Å². The van der Waals surface area contributed by atoms with Gasteiger partial charge in [-0.25, -0.2) is 4.79 Å². The van der Waals surface area contributed by atoms with Gasteiger partial charge in [0, 0.05) is 24.3 Å². The summed E-state index contributed by atoms with van der Waals surface area (Å²) in [4.78, 5) is 40.1. The quantitative estimate of drug-likeness (QED) is 0.736. The van der Waals surface area contributed by atoms with Crippen LogP contribution in [0.3, 0.4) is 0 Å². The van der Waals surface area contributed by atoms with E-state index in [4.69, 9.17) is 4.74 Å². The average molecular weight is 464 g/mol. The standard InChI is InChI=1S/C19H18BrN3O4S/c20-16-8-7-15(28-16)18(25)21-10-14-11-23(19(26)27-14)13-5-3-12(4-6-13)22-9-1-2-17(22)24/h3-8,14H,1-2,9-11H2,(H,21,25). The van der Waals surface area contributed by atoms with Crippen LogP contribution < -0.4 is 15.1 Å². The zero-order valence-corrected chi connectivity index (χ0v) is 17.3. The van der Waals surface area contributed by atoms with Crippen LogP contribution >= 0.6 is 27.3 Å². The molecule has 1 aromatic carbocycles. The van der Waals surface area contributed by atoms with E-state index in [9.17, 15) is 14.4 Å². The van der Waals surface area contributed by atoms with Crippen molar-refractivity contribution in [3.63, 3.8) is 0 Å². The molecule has 0 aliphatic carbocycles. The third-order valence-corrected chi connectivity index (χ3v) is 6.33. The number of cyclic esters (lactones) is 1. The number of ether oxygens (including phenoxy) is 1.